The number of amides is 1. The third kappa shape index (κ3) is 3.12. The summed E-state index contributed by atoms with van der Waals surface area (Å²) in [5.74, 6) is -1.40. The van der Waals surface area contributed by atoms with Crippen LogP contribution in [0.5, 0.6) is 0 Å². The number of nitrogens with one attached hydrogen (secondary N) is 1. The van der Waals surface area contributed by atoms with Crippen LogP contribution in [0.15, 0.2) is 16.7 Å². The highest BCUT2D eigenvalue weighted by Gasteiger charge is 2.10. The van der Waals surface area contributed by atoms with E-state index in [0.717, 1.165) is 0 Å². The number of carbonyl (C=O) groups excluding carboxylic acids is 1. The average Bonchev–Trinajstić information content (AvgIpc) is 2.62. The zero-order valence-corrected chi connectivity index (χ0v) is 8.61. The molecule has 0 aliphatic heterocycles. The minimum atomic E-state index is -1.11. The van der Waals surface area contributed by atoms with Gasteiger partial charge in [-0.05, 0) is 6.07 Å². The lowest BCUT2D eigenvalue weighted by atomic mass is 10.2. The summed E-state index contributed by atoms with van der Waals surface area (Å²) in [6.07, 6.45) is 1.32. The van der Waals surface area contributed by atoms with Gasteiger partial charge in [-0.2, -0.15) is 0 Å². The predicted octanol–water partition coefficient (Wildman–Crippen LogP) is 1.25. The topological polar surface area (TPSA) is 79.5 Å². The van der Waals surface area contributed by atoms with Crippen molar-refractivity contribution in [2.45, 2.75) is 20.4 Å². The molecule has 0 fully saturated rings. The molecular weight excluding hydrogens is 198 g/mol. The van der Waals surface area contributed by atoms with Gasteiger partial charge in [0.05, 0.1) is 6.26 Å². The summed E-state index contributed by atoms with van der Waals surface area (Å²) in [6, 6.07) is 1.39. The summed E-state index contributed by atoms with van der Waals surface area (Å²) in [4.78, 5) is 21.7. The van der Waals surface area contributed by atoms with Gasteiger partial charge in [-0.1, -0.05) is 13.8 Å². The SMILES string of the molecule is CC(C)C(=O)NCc1coc(C(=O)O)c1. The van der Waals surface area contributed by atoms with Gasteiger partial charge >= 0.3 is 5.97 Å². The van der Waals surface area contributed by atoms with E-state index in [1.165, 1.54) is 12.3 Å². The van der Waals surface area contributed by atoms with E-state index in [2.05, 4.69) is 5.32 Å². The molecule has 0 aliphatic carbocycles. The highest BCUT2D eigenvalue weighted by Crippen LogP contribution is 2.07. The van der Waals surface area contributed by atoms with E-state index in [1.807, 2.05) is 0 Å². The molecule has 5 heteroatoms. The second-order valence-electron chi connectivity index (χ2n) is 3.50. The van der Waals surface area contributed by atoms with Crippen molar-refractivity contribution in [2.75, 3.05) is 0 Å². The van der Waals surface area contributed by atoms with Crippen LogP contribution in [0.4, 0.5) is 0 Å². The quantitative estimate of drug-likeness (QED) is 0.785. The zero-order chi connectivity index (χ0) is 11.4. The molecule has 0 atom stereocenters. The fraction of sp³-hybridized carbons (Fsp3) is 0.400. The van der Waals surface area contributed by atoms with Gasteiger partial charge in [-0.25, -0.2) is 4.79 Å². The highest BCUT2D eigenvalue weighted by atomic mass is 16.4. The maximum atomic E-state index is 11.2. The van der Waals surface area contributed by atoms with Crippen LogP contribution in [0.2, 0.25) is 0 Å². The maximum absolute atomic E-state index is 11.2. The van der Waals surface area contributed by atoms with Gasteiger partial charge < -0.3 is 14.8 Å². The average molecular weight is 211 g/mol. The van der Waals surface area contributed by atoms with Gasteiger partial charge in [-0.15, -0.1) is 0 Å². The zero-order valence-electron chi connectivity index (χ0n) is 8.61. The van der Waals surface area contributed by atoms with Crippen molar-refractivity contribution in [1.82, 2.24) is 5.32 Å². The van der Waals surface area contributed by atoms with Crippen LogP contribution in [0.1, 0.15) is 30.0 Å². The largest absolute Gasteiger partial charge is 0.475 e. The smallest absolute Gasteiger partial charge is 0.371 e. The molecule has 1 amide bonds. The third-order valence-corrected chi connectivity index (χ3v) is 1.86. The van der Waals surface area contributed by atoms with Crippen LogP contribution in [-0.4, -0.2) is 17.0 Å². The standard InChI is InChI=1S/C10H13NO4/c1-6(2)9(12)11-4-7-3-8(10(13)14)15-5-7/h3,5-6H,4H2,1-2H3,(H,11,12)(H,13,14). The molecule has 0 saturated heterocycles. The number of hydrogen-bond acceptors (Lipinski definition) is 3. The Bertz CT molecular complexity index is 367. The third-order valence-electron chi connectivity index (χ3n) is 1.86. The molecule has 0 radical (unpaired) electrons. The van der Waals surface area contributed by atoms with Gasteiger partial charge in [0, 0.05) is 18.0 Å². The molecule has 0 aromatic carbocycles. The molecule has 0 spiro atoms. The van der Waals surface area contributed by atoms with Crippen molar-refractivity contribution in [3.8, 4) is 0 Å². The Labute approximate surface area is 87.1 Å². The monoisotopic (exact) mass is 211 g/mol. The lowest BCUT2D eigenvalue weighted by Gasteiger charge is -2.05. The first-order valence-corrected chi connectivity index (χ1v) is 4.59. The molecule has 5 nitrogen and oxygen atoms in total. The summed E-state index contributed by atoms with van der Waals surface area (Å²) in [5.41, 5.74) is 0.640. The fourth-order valence-corrected chi connectivity index (χ4v) is 0.974. The molecule has 0 aliphatic rings. The number of carboxylic acid groups (broad SMARTS) is 1. The molecule has 1 rings (SSSR count). The molecule has 2 N–H and O–H groups in total. The summed E-state index contributed by atoms with van der Waals surface area (Å²) >= 11 is 0. The number of carboxylic acids is 1. The van der Waals surface area contributed by atoms with Crippen molar-refractivity contribution in [3.05, 3.63) is 23.7 Å². The van der Waals surface area contributed by atoms with E-state index in [4.69, 9.17) is 9.52 Å². The van der Waals surface area contributed by atoms with Gasteiger partial charge in [0.2, 0.25) is 11.7 Å². The Morgan fingerprint density at radius 3 is 2.67 bits per heavy atom. The Morgan fingerprint density at radius 1 is 1.53 bits per heavy atom. The van der Waals surface area contributed by atoms with Crippen molar-refractivity contribution >= 4 is 11.9 Å². The minimum absolute atomic E-state index is 0.0759. The predicted molar refractivity (Wildman–Crippen MR) is 52.4 cm³/mol. The van der Waals surface area contributed by atoms with Crippen LogP contribution >= 0.6 is 0 Å². The second-order valence-corrected chi connectivity index (χ2v) is 3.50. The van der Waals surface area contributed by atoms with Crippen LogP contribution < -0.4 is 5.32 Å². The lowest BCUT2D eigenvalue weighted by molar-refractivity contribution is -0.124. The molecule has 1 aromatic heterocycles. The first kappa shape index (κ1) is 11.3. The first-order valence-electron chi connectivity index (χ1n) is 4.59. The van der Waals surface area contributed by atoms with Crippen LogP contribution in [-0.2, 0) is 11.3 Å². The van der Waals surface area contributed by atoms with E-state index < -0.39 is 5.97 Å². The molecule has 0 unspecified atom stereocenters. The molecule has 1 heterocycles. The van der Waals surface area contributed by atoms with E-state index >= 15 is 0 Å². The number of rotatable bonds is 4. The second kappa shape index (κ2) is 4.63. The van der Waals surface area contributed by atoms with E-state index in [-0.39, 0.29) is 24.1 Å². The molecule has 0 saturated carbocycles. The van der Waals surface area contributed by atoms with Gasteiger partial charge in [-0.3, -0.25) is 4.79 Å². The van der Waals surface area contributed by atoms with E-state index in [1.54, 1.807) is 13.8 Å². The summed E-state index contributed by atoms with van der Waals surface area (Å²) in [7, 11) is 0. The van der Waals surface area contributed by atoms with Crippen LogP contribution in [0, 0.1) is 5.92 Å². The van der Waals surface area contributed by atoms with Crippen molar-refractivity contribution in [3.63, 3.8) is 0 Å². The molecule has 0 bridgehead atoms. The van der Waals surface area contributed by atoms with E-state index in [9.17, 15) is 9.59 Å². The van der Waals surface area contributed by atoms with Crippen LogP contribution in [0.3, 0.4) is 0 Å². The maximum Gasteiger partial charge on any atom is 0.371 e. The number of hydrogen-bond donors (Lipinski definition) is 2. The summed E-state index contributed by atoms with van der Waals surface area (Å²) in [6.45, 7) is 3.86. The first-order chi connectivity index (χ1) is 7.00. The summed E-state index contributed by atoms with van der Waals surface area (Å²) < 4.78 is 4.77. The highest BCUT2D eigenvalue weighted by molar-refractivity contribution is 5.84. The van der Waals surface area contributed by atoms with Crippen molar-refractivity contribution in [1.29, 1.82) is 0 Å². The molecule has 15 heavy (non-hydrogen) atoms. The van der Waals surface area contributed by atoms with Crippen molar-refractivity contribution in [2.24, 2.45) is 5.92 Å². The Morgan fingerprint density at radius 2 is 2.20 bits per heavy atom. The molecule has 82 valence electrons. The normalized spacial score (nSPS) is 10.3. The van der Waals surface area contributed by atoms with Crippen LogP contribution in [0.25, 0.3) is 0 Å². The van der Waals surface area contributed by atoms with Gasteiger partial charge in [0.25, 0.3) is 0 Å². The number of furan rings is 1. The van der Waals surface area contributed by atoms with E-state index in [0.29, 0.717) is 5.56 Å². The fourth-order valence-electron chi connectivity index (χ4n) is 0.974. The number of aromatic carboxylic acids is 1. The molecule has 1 aromatic rings. The number of carbonyl (C=O) groups is 2. The van der Waals surface area contributed by atoms with Crippen molar-refractivity contribution < 1.29 is 19.1 Å². The minimum Gasteiger partial charge on any atom is -0.475 e. The molecular formula is C10H13NO4. The van der Waals surface area contributed by atoms with Gasteiger partial charge in [0.1, 0.15) is 0 Å². The Balaban J connectivity index is 2.51. The Hall–Kier alpha value is -1.78. The van der Waals surface area contributed by atoms with Gasteiger partial charge in [0.15, 0.2) is 0 Å². The lowest BCUT2D eigenvalue weighted by Crippen LogP contribution is -2.26. The Kier molecular flexibility index (Phi) is 3.49. The summed E-state index contributed by atoms with van der Waals surface area (Å²) in [5, 5.41) is 11.2.